The van der Waals surface area contributed by atoms with Crippen molar-refractivity contribution in [1.82, 2.24) is 5.32 Å². The number of para-hydroxylation sites is 2. The first-order valence-electron chi connectivity index (χ1n) is 8.55. The average Bonchev–Trinajstić information content (AvgIpc) is 2.65. The molecular weight excluding hydrogens is 346 g/mol. The molecule has 1 amide bonds. The van der Waals surface area contributed by atoms with E-state index < -0.39 is 5.92 Å². The summed E-state index contributed by atoms with van der Waals surface area (Å²) in [5.41, 5.74) is 2.73. The molecule has 0 aromatic heterocycles. The van der Waals surface area contributed by atoms with Crippen molar-refractivity contribution in [2.24, 2.45) is 0 Å². The molecular formula is C22H18ClNO2. The number of carbonyl (C=O) groups excluding carboxylic acids is 1. The van der Waals surface area contributed by atoms with Gasteiger partial charge in [-0.05, 0) is 36.8 Å². The Labute approximate surface area is 157 Å². The molecule has 0 saturated heterocycles. The van der Waals surface area contributed by atoms with E-state index in [4.69, 9.17) is 16.3 Å². The van der Waals surface area contributed by atoms with E-state index in [2.05, 4.69) is 5.32 Å². The SMILES string of the molecule is C[C@@H](NC(=O)C1c2ccccc2Oc2ccccc21)c1cccc(Cl)c1. The molecule has 26 heavy (non-hydrogen) atoms. The van der Waals surface area contributed by atoms with Crippen molar-refractivity contribution in [3.63, 3.8) is 0 Å². The predicted molar refractivity (Wildman–Crippen MR) is 103 cm³/mol. The number of nitrogens with one attached hydrogen (secondary N) is 1. The smallest absolute Gasteiger partial charge is 0.232 e. The number of ether oxygens (including phenoxy) is 1. The summed E-state index contributed by atoms with van der Waals surface area (Å²) in [6.45, 7) is 1.96. The summed E-state index contributed by atoms with van der Waals surface area (Å²) in [7, 11) is 0. The van der Waals surface area contributed by atoms with Crippen LogP contribution in [0, 0.1) is 0 Å². The molecule has 0 spiro atoms. The summed E-state index contributed by atoms with van der Waals surface area (Å²) in [6.07, 6.45) is 0. The number of rotatable bonds is 3. The van der Waals surface area contributed by atoms with E-state index in [9.17, 15) is 4.79 Å². The molecule has 1 atom stereocenters. The lowest BCUT2D eigenvalue weighted by molar-refractivity contribution is -0.122. The molecule has 0 aliphatic carbocycles. The highest BCUT2D eigenvalue weighted by Crippen LogP contribution is 2.44. The lowest BCUT2D eigenvalue weighted by Gasteiger charge is -2.28. The second-order valence-corrected chi connectivity index (χ2v) is 6.83. The van der Waals surface area contributed by atoms with Crippen LogP contribution < -0.4 is 10.1 Å². The van der Waals surface area contributed by atoms with E-state index in [0.29, 0.717) is 5.02 Å². The van der Waals surface area contributed by atoms with Crippen molar-refractivity contribution < 1.29 is 9.53 Å². The minimum Gasteiger partial charge on any atom is -0.457 e. The molecule has 0 radical (unpaired) electrons. The molecule has 0 fully saturated rings. The van der Waals surface area contributed by atoms with Gasteiger partial charge < -0.3 is 10.1 Å². The van der Waals surface area contributed by atoms with Crippen molar-refractivity contribution in [3.8, 4) is 11.5 Å². The van der Waals surface area contributed by atoms with E-state index in [0.717, 1.165) is 28.2 Å². The molecule has 3 aromatic rings. The van der Waals surface area contributed by atoms with Gasteiger partial charge in [0.15, 0.2) is 0 Å². The van der Waals surface area contributed by atoms with Crippen LogP contribution >= 0.6 is 11.6 Å². The number of fused-ring (bicyclic) bond motifs is 2. The molecule has 0 unspecified atom stereocenters. The van der Waals surface area contributed by atoms with Crippen molar-refractivity contribution >= 4 is 17.5 Å². The highest BCUT2D eigenvalue weighted by molar-refractivity contribution is 6.30. The van der Waals surface area contributed by atoms with Crippen LogP contribution in [0.4, 0.5) is 0 Å². The summed E-state index contributed by atoms with van der Waals surface area (Å²) in [6, 6.07) is 22.8. The second kappa shape index (κ2) is 6.85. The molecule has 3 nitrogen and oxygen atoms in total. The van der Waals surface area contributed by atoms with Crippen LogP contribution in [0.5, 0.6) is 11.5 Å². The van der Waals surface area contributed by atoms with E-state index in [1.165, 1.54) is 0 Å². The number of carbonyl (C=O) groups is 1. The molecule has 4 rings (SSSR count). The minimum absolute atomic E-state index is 0.0549. The zero-order chi connectivity index (χ0) is 18.1. The lowest BCUT2D eigenvalue weighted by atomic mass is 9.87. The van der Waals surface area contributed by atoms with Gasteiger partial charge >= 0.3 is 0 Å². The molecule has 0 saturated carbocycles. The van der Waals surface area contributed by atoms with Gasteiger partial charge in [-0.25, -0.2) is 0 Å². The topological polar surface area (TPSA) is 38.3 Å². The third kappa shape index (κ3) is 3.06. The van der Waals surface area contributed by atoms with E-state index in [-0.39, 0.29) is 11.9 Å². The van der Waals surface area contributed by atoms with Crippen LogP contribution in [0.3, 0.4) is 0 Å². The average molecular weight is 364 g/mol. The number of benzene rings is 3. The highest BCUT2D eigenvalue weighted by atomic mass is 35.5. The zero-order valence-corrected chi connectivity index (χ0v) is 15.0. The summed E-state index contributed by atoms with van der Waals surface area (Å²) < 4.78 is 5.97. The van der Waals surface area contributed by atoms with E-state index in [1.54, 1.807) is 0 Å². The lowest BCUT2D eigenvalue weighted by Crippen LogP contribution is -2.33. The quantitative estimate of drug-likeness (QED) is 0.671. The van der Waals surface area contributed by atoms with Crippen molar-refractivity contribution in [1.29, 1.82) is 0 Å². The first-order chi connectivity index (χ1) is 12.6. The maximum absolute atomic E-state index is 13.2. The number of amides is 1. The normalized spacial score (nSPS) is 13.9. The Balaban J connectivity index is 1.67. The van der Waals surface area contributed by atoms with Crippen LogP contribution in [0.1, 0.15) is 35.6 Å². The fourth-order valence-electron chi connectivity index (χ4n) is 3.35. The minimum atomic E-state index is -0.405. The van der Waals surface area contributed by atoms with E-state index >= 15 is 0 Å². The Morgan fingerprint density at radius 1 is 0.962 bits per heavy atom. The Morgan fingerprint density at radius 3 is 2.19 bits per heavy atom. The Morgan fingerprint density at radius 2 is 1.58 bits per heavy atom. The third-order valence-electron chi connectivity index (χ3n) is 4.65. The van der Waals surface area contributed by atoms with E-state index in [1.807, 2.05) is 79.7 Å². The molecule has 3 aromatic carbocycles. The largest absolute Gasteiger partial charge is 0.457 e. The maximum atomic E-state index is 13.2. The van der Waals surface area contributed by atoms with Crippen LogP contribution in [0.15, 0.2) is 72.8 Å². The molecule has 1 aliphatic rings. The summed E-state index contributed by atoms with van der Waals surface area (Å²) >= 11 is 6.08. The van der Waals surface area contributed by atoms with Gasteiger partial charge in [0.1, 0.15) is 11.5 Å². The number of hydrogen-bond acceptors (Lipinski definition) is 2. The van der Waals surface area contributed by atoms with Gasteiger partial charge in [-0.1, -0.05) is 60.1 Å². The Kier molecular flexibility index (Phi) is 4.39. The number of halogens is 1. The standard InChI is InChI=1S/C22H18ClNO2/c1-14(15-7-6-8-16(23)13-15)24-22(25)21-17-9-2-4-11-19(17)26-20-12-5-3-10-18(20)21/h2-14,21H,1H3,(H,24,25)/t14-/m1/s1. The van der Waals surface area contributed by atoms with Gasteiger partial charge in [0.05, 0.1) is 12.0 Å². The fourth-order valence-corrected chi connectivity index (χ4v) is 3.55. The molecule has 130 valence electrons. The maximum Gasteiger partial charge on any atom is 0.232 e. The molecule has 0 bridgehead atoms. The first kappa shape index (κ1) is 16.7. The Bertz CT molecular complexity index is 924. The number of hydrogen-bond donors (Lipinski definition) is 1. The van der Waals surface area contributed by atoms with Gasteiger partial charge in [-0.2, -0.15) is 0 Å². The monoisotopic (exact) mass is 363 g/mol. The summed E-state index contributed by atoms with van der Waals surface area (Å²) in [5, 5.41) is 3.78. The van der Waals surface area contributed by atoms with Crippen LogP contribution in [-0.2, 0) is 4.79 Å². The van der Waals surface area contributed by atoms with Gasteiger partial charge in [-0.15, -0.1) is 0 Å². The van der Waals surface area contributed by atoms with Gasteiger partial charge in [0.25, 0.3) is 0 Å². The molecule has 1 aliphatic heterocycles. The van der Waals surface area contributed by atoms with Crippen LogP contribution in [0.2, 0.25) is 5.02 Å². The second-order valence-electron chi connectivity index (χ2n) is 6.40. The molecule has 1 N–H and O–H groups in total. The van der Waals surface area contributed by atoms with Gasteiger partial charge in [-0.3, -0.25) is 4.79 Å². The third-order valence-corrected chi connectivity index (χ3v) is 4.88. The van der Waals surface area contributed by atoms with Crippen molar-refractivity contribution in [3.05, 3.63) is 94.5 Å². The van der Waals surface area contributed by atoms with Crippen LogP contribution in [-0.4, -0.2) is 5.91 Å². The van der Waals surface area contributed by atoms with Crippen molar-refractivity contribution in [2.45, 2.75) is 18.9 Å². The summed E-state index contributed by atoms with van der Waals surface area (Å²) in [4.78, 5) is 13.2. The van der Waals surface area contributed by atoms with Crippen molar-refractivity contribution in [2.75, 3.05) is 0 Å². The molecule has 4 heteroatoms. The highest BCUT2D eigenvalue weighted by Gasteiger charge is 2.32. The Hall–Kier alpha value is -2.78. The van der Waals surface area contributed by atoms with Crippen LogP contribution in [0.25, 0.3) is 0 Å². The fraction of sp³-hybridized carbons (Fsp3) is 0.136. The summed E-state index contributed by atoms with van der Waals surface area (Å²) in [5.74, 6) is 0.988. The molecule has 1 heterocycles. The predicted octanol–water partition coefficient (Wildman–Crippen LogP) is 5.46. The first-order valence-corrected chi connectivity index (χ1v) is 8.93. The van der Waals surface area contributed by atoms with Gasteiger partial charge in [0, 0.05) is 16.1 Å². The zero-order valence-electron chi connectivity index (χ0n) is 14.3. The van der Waals surface area contributed by atoms with Gasteiger partial charge in [0.2, 0.25) is 5.91 Å².